The monoisotopic (exact) mass is 460 g/mol. The van der Waals surface area contributed by atoms with Gasteiger partial charge in [-0.05, 0) is 43.2 Å². The average molecular weight is 461 g/mol. The van der Waals surface area contributed by atoms with E-state index in [0.717, 1.165) is 28.2 Å². The van der Waals surface area contributed by atoms with Crippen LogP contribution in [-0.2, 0) is 6.61 Å². The molecule has 0 saturated carbocycles. The zero-order valence-electron chi connectivity index (χ0n) is 18.4. The van der Waals surface area contributed by atoms with Crippen LogP contribution < -0.4 is 4.74 Å². The molecule has 1 atom stereocenters. The normalized spacial score (nSPS) is 11.8. The number of nitro groups is 1. The van der Waals surface area contributed by atoms with Crippen molar-refractivity contribution in [2.75, 3.05) is 6.54 Å². The molecule has 0 radical (unpaired) electrons. The number of nitrogens with zero attached hydrogens (tertiary/aromatic N) is 4. The molecular weight excluding hydrogens is 436 g/mol. The van der Waals surface area contributed by atoms with Gasteiger partial charge in [0.2, 0.25) is 6.54 Å². The predicted octanol–water partition coefficient (Wildman–Crippen LogP) is 5.57. The van der Waals surface area contributed by atoms with Gasteiger partial charge in [-0.3, -0.25) is 14.7 Å². The second-order valence-corrected chi connectivity index (χ2v) is 8.81. The molecule has 0 saturated heterocycles. The summed E-state index contributed by atoms with van der Waals surface area (Å²) >= 11 is 1.32. The molecule has 168 valence electrons. The Morgan fingerprint density at radius 3 is 2.52 bits per heavy atom. The highest BCUT2D eigenvalue weighted by Crippen LogP contribution is 2.40. The number of ether oxygens (including phenoxy) is 1. The largest absolute Gasteiger partial charge is 0.489 e. The molecule has 1 aromatic heterocycles. The molecule has 0 N–H and O–H groups in total. The number of thioether (sulfide) groups is 1. The minimum Gasteiger partial charge on any atom is -0.489 e. The highest BCUT2D eigenvalue weighted by atomic mass is 32.2. The van der Waals surface area contributed by atoms with Crippen molar-refractivity contribution in [3.63, 3.8) is 0 Å². The first-order chi connectivity index (χ1) is 16.0. The van der Waals surface area contributed by atoms with Gasteiger partial charge in [0.25, 0.3) is 0 Å². The molecule has 4 aromatic rings. The SMILES string of the molecule is Cc1cccc(-n2c(C)nnc2S[C@H](C[N+](=O)[O-])c2ccccc2OCc2ccccc2)c1. The van der Waals surface area contributed by atoms with Crippen LogP contribution in [0.4, 0.5) is 0 Å². The number of benzene rings is 3. The quantitative estimate of drug-likeness (QED) is 0.184. The minimum atomic E-state index is -0.501. The lowest BCUT2D eigenvalue weighted by atomic mass is 10.1. The third-order valence-electron chi connectivity index (χ3n) is 5.12. The van der Waals surface area contributed by atoms with Crippen LogP contribution >= 0.6 is 11.8 Å². The molecule has 0 aliphatic rings. The summed E-state index contributed by atoms with van der Waals surface area (Å²) in [7, 11) is 0. The second-order valence-electron chi connectivity index (χ2n) is 7.64. The van der Waals surface area contributed by atoms with Crippen LogP contribution in [0.15, 0.2) is 84.0 Å². The van der Waals surface area contributed by atoms with Crippen LogP contribution in [0.5, 0.6) is 5.75 Å². The summed E-state index contributed by atoms with van der Waals surface area (Å²) in [5.74, 6) is 1.34. The fourth-order valence-electron chi connectivity index (χ4n) is 3.56. The van der Waals surface area contributed by atoms with Crippen LogP contribution in [0.25, 0.3) is 5.69 Å². The Hall–Kier alpha value is -3.65. The lowest BCUT2D eigenvalue weighted by molar-refractivity contribution is -0.479. The van der Waals surface area contributed by atoms with Crippen molar-refractivity contribution in [1.82, 2.24) is 14.8 Å². The van der Waals surface area contributed by atoms with Gasteiger partial charge in [-0.1, -0.05) is 72.4 Å². The molecule has 8 heteroatoms. The summed E-state index contributed by atoms with van der Waals surface area (Å²) in [5.41, 5.74) is 3.82. The Morgan fingerprint density at radius 1 is 1.00 bits per heavy atom. The summed E-state index contributed by atoms with van der Waals surface area (Å²) in [5, 5.41) is 20.2. The minimum absolute atomic E-state index is 0.268. The molecule has 1 heterocycles. The molecule has 7 nitrogen and oxygen atoms in total. The van der Waals surface area contributed by atoms with Crippen molar-refractivity contribution in [1.29, 1.82) is 0 Å². The van der Waals surface area contributed by atoms with E-state index in [0.29, 0.717) is 17.5 Å². The molecule has 0 aliphatic carbocycles. The van der Waals surface area contributed by atoms with Gasteiger partial charge in [-0.25, -0.2) is 0 Å². The van der Waals surface area contributed by atoms with Gasteiger partial charge in [-0.15, -0.1) is 10.2 Å². The predicted molar refractivity (Wildman–Crippen MR) is 129 cm³/mol. The van der Waals surface area contributed by atoms with E-state index in [1.54, 1.807) is 0 Å². The zero-order valence-corrected chi connectivity index (χ0v) is 19.2. The van der Waals surface area contributed by atoms with E-state index >= 15 is 0 Å². The number of rotatable bonds is 9. The second kappa shape index (κ2) is 10.3. The average Bonchev–Trinajstić information content (AvgIpc) is 3.17. The van der Waals surface area contributed by atoms with Gasteiger partial charge < -0.3 is 4.74 Å². The molecular formula is C25H24N4O3S. The number of hydrogen-bond donors (Lipinski definition) is 0. The van der Waals surface area contributed by atoms with Crippen LogP contribution in [-0.4, -0.2) is 26.2 Å². The van der Waals surface area contributed by atoms with Gasteiger partial charge >= 0.3 is 0 Å². The van der Waals surface area contributed by atoms with Crippen LogP contribution in [0.2, 0.25) is 0 Å². The van der Waals surface area contributed by atoms with Crippen molar-refractivity contribution >= 4 is 11.8 Å². The summed E-state index contributed by atoms with van der Waals surface area (Å²) in [6.45, 7) is 4.01. The summed E-state index contributed by atoms with van der Waals surface area (Å²) in [6.07, 6.45) is 0. The van der Waals surface area contributed by atoms with E-state index in [2.05, 4.69) is 10.2 Å². The maximum absolute atomic E-state index is 11.6. The summed E-state index contributed by atoms with van der Waals surface area (Å²) in [4.78, 5) is 11.3. The van der Waals surface area contributed by atoms with Crippen molar-refractivity contribution in [2.45, 2.75) is 30.9 Å². The Kier molecular flexibility index (Phi) is 7.04. The van der Waals surface area contributed by atoms with Crippen LogP contribution in [0.1, 0.15) is 27.8 Å². The molecule has 4 rings (SSSR count). The Bertz CT molecular complexity index is 1240. The first kappa shape index (κ1) is 22.5. The third kappa shape index (κ3) is 5.59. The van der Waals surface area contributed by atoms with Gasteiger partial charge in [0.1, 0.15) is 23.4 Å². The van der Waals surface area contributed by atoms with Crippen molar-refractivity contribution < 1.29 is 9.66 Å². The van der Waals surface area contributed by atoms with Crippen molar-refractivity contribution in [2.24, 2.45) is 0 Å². The lowest BCUT2D eigenvalue weighted by Crippen LogP contribution is -2.12. The first-order valence-corrected chi connectivity index (χ1v) is 11.4. The Balaban J connectivity index is 1.65. The smallest absolute Gasteiger partial charge is 0.220 e. The van der Waals surface area contributed by atoms with Crippen LogP contribution in [0.3, 0.4) is 0 Å². The van der Waals surface area contributed by atoms with Crippen molar-refractivity contribution in [3.8, 4) is 11.4 Å². The number of aromatic nitrogens is 3. The van der Waals surface area contributed by atoms with E-state index in [1.807, 2.05) is 97.3 Å². The number of para-hydroxylation sites is 1. The fraction of sp³-hybridized carbons (Fsp3) is 0.200. The van der Waals surface area contributed by atoms with E-state index in [1.165, 1.54) is 11.8 Å². The zero-order chi connectivity index (χ0) is 23.2. The van der Waals surface area contributed by atoms with E-state index < -0.39 is 5.25 Å². The molecule has 0 aliphatic heterocycles. The van der Waals surface area contributed by atoms with Crippen molar-refractivity contribution in [3.05, 3.63) is 111 Å². The van der Waals surface area contributed by atoms with Gasteiger partial charge in [0, 0.05) is 16.2 Å². The Morgan fingerprint density at radius 2 is 1.76 bits per heavy atom. The summed E-state index contributed by atoms with van der Waals surface area (Å²) in [6, 6.07) is 25.3. The molecule has 0 unspecified atom stereocenters. The lowest BCUT2D eigenvalue weighted by Gasteiger charge is -2.18. The van der Waals surface area contributed by atoms with Gasteiger partial charge in [0.15, 0.2) is 5.16 Å². The number of hydrogen-bond acceptors (Lipinski definition) is 6. The molecule has 0 fully saturated rings. The van der Waals surface area contributed by atoms with Gasteiger partial charge in [-0.2, -0.15) is 0 Å². The van der Waals surface area contributed by atoms with Crippen LogP contribution in [0, 0.1) is 24.0 Å². The number of aryl methyl sites for hydroxylation is 2. The third-order valence-corrected chi connectivity index (χ3v) is 6.28. The highest BCUT2D eigenvalue weighted by Gasteiger charge is 2.26. The fourth-order valence-corrected chi connectivity index (χ4v) is 4.76. The maximum atomic E-state index is 11.6. The van der Waals surface area contributed by atoms with E-state index in [-0.39, 0.29) is 11.5 Å². The highest BCUT2D eigenvalue weighted by molar-refractivity contribution is 7.99. The summed E-state index contributed by atoms with van der Waals surface area (Å²) < 4.78 is 8.01. The van der Waals surface area contributed by atoms with E-state index in [9.17, 15) is 10.1 Å². The molecule has 0 bridgehead atoms. The molecule has 0 spiro atoms. The van der Waals surface area contributed by atoms with Gasteiger partial charge in [0.05, 0.1) is 0 Å². The topological polar surface area (TPSA) is 83.1 Å². The van der Waals surface area contributed by atoms with E-state index in [4.69, 9.17) is 4.74 Å². The molecule has 33 heavy (non-hydrogen) atoms. The first-order valence-electron chi connectivity index (χ1n) is 10.5. The standard InChI is InChI=1S/C25H24N4O3S/c1-18-9-8-12-21(15-18)29-19(2)26-27-25(29)33-24(16-28(30)31)22-13-6-7-14-23(22)32-17-20-10-4-3-5-11-20/h3-15,24H,16-17H2,1-2H3/t24-/m1/s1. The Labute approximate surface area is 196 Å². The maximum Gasteiger partial charge on any atom is 0.220 e. The molecule has 3 aromatic carbocycles. The molecule has 0 amide bonds.